The molecule has 1 saturated heterocycles. The van der Waals surface area contributed by atoms with Crippen LogP contribution in [0.2, 0.25) is 0 Å². The molecule has 0 N–H and O–H groups in total. The van der Waals surface area contributed by atoms with E-state index in [1.807, 2.05) is 67.4 Å². The molecule has 4 rings (SSSR count). The number of imide groups is 1. The highest BCUT2D eigenvalue weighted by molar-refractivity contribution is 6.45. The van der Waals surface area contributed by atoms with Gasteiger partial charge in [0, 0.05) is 13.1 Å². The highest BCUT2D eigenvalue weighted by Gasteiger charge is 2.43. The summed E-state index contributed by atoms with van der Waals surface area (Å²) in [5.41, 5.74) is 3.30. The Labute approximate surface area is 196 Å². The standard InChI is InChI=1S/C27H33N3O3/c1-5-17-33-23-11-9-20(10-12-23)24-25(29(4)21-13-15-28(3)16-14-21)27(32)30(26(24)31)22-8-6-7-19(2)18-22/h6-12,18,21H,5,13-17H2,1-4H3. The van der Waals surface area contributed by atoms with Gasteiger partial charge in [0.15, 0.2) is 0 Å². The van der Waals surface area contributed by atoms with Crippen molar-refractivity contribution in [2.45, 2.75) is 39.2 Å². The number of carbonyl (C=O) groups excluding carboxylic acids is 2. The maximum atomic E-state index is 13.7. The first kappa shape index (κ1) is 23.1. The van der Waals surface area contributed by atoms with Gasteiger partial charge in [-0.2, -0.15) is 0 Å². The van der Waals surface area contributed by atoms with Crippen LogP contribution in [-0.4, -0.2) is 61.4 Å². The van der Waals surface area contributed by atoms with E-state index in [0.29, 0.717) is 23.6 Å². The minimum atomic E-state index is -0.275. The Hall–Kier alpha value is -3.12. The van der Waals surface area contributed by atoms with Gasteiger partial charge < -0.3 is 14.5 Å². The smallest absolute Gasteiger partial charge is 0.282 e. The van der Waals surface area contributed by atoms with Crippen molar-refractivity contribution < 1.29 is 14.3 Å². The highest BCUT2D eigenvalue weighted by atomic mass is 16.5. The number of amides is 2. The minimum absolute atomic E-state index is 0.215. The molecule has 1 fully saturated rings. The molecule has 0 saturated carbocycles. The fourth-order valence-corrected chi connectivity index (χ4v) is 4.61. The number of anilines is 1. The first-order valence-corrected chi connectivity index (χ1v) is 11.7. The van der Waals surface area contributed by atoms with E-state index in [-0.39, 0.29) is 17.9 Å². The zero-order chi connectivity index (χ0) is 23.5. The molecule has 0 spiro atoms. The topological polar surface area (TPSA) is 53.1 Å². The Morgan fingerprint density at radius 1 is 1.03 bits per heavy atom. The van der Waals surface area contributed by atoms with Crippen LogP contribution in [0.5, 0.6) is 5.75 Å². The van der Waals surface area contributed by atoms with Crippen molar-refractivity contribution in [1.29, 1.82) is 0 Å². The van der Waals surface area contributed by atoms with E-state index in [1.165, 1.54) is 4.90 Å². The number of rotatable bonds is 7. The molecule has 2 aromatic rings. The second-order valence-corrected chi connectivity index (χ2v) is 9.03. The van der Waals surface area contributed by atoms with E-state index in [1.54, 1.807) is 0 Å². The van der Waals surface area contributed by atoms with E-state index in [2.05, 4.69) is 18.9 Å². The van der Waals surface area contributed by atoms with Gasteiger partial charge in [0.05, 0.1) is 17.9 Å². The van der Waals surface area contributed by atoms with E-state index in [0.717, 1.165) is 49.2 Å². The number of aryl methyl sites for hydroxylation is 1. The van der Waals surface area contributed by atoms with Crippen molar-refractivity contribution in [2.24, 2.45) is 0 Å². The fraction of sp³-hybridized carbons (Fsp3) is 0.407. The van der Waals surface area contributed by atoms with Gasteiger partial charge in [-0.05, 0) is 81.7 Å². The van der Waals surface area contributed by atoms with Crippen LogP contribution in [0.15, 0.2) is 54.2 Å². The highest BCUT2D eigenvalue weighted by Crippen LogP contribution is 2.36. The lowest BCUT2D eigenvalue weighted by molar-refractivity contribution is -0.120. The van der Waals surface area contributed by atoms with Crippen LogP contribution < -0.4 is 9.64 Å². The normalized spacial score (nSPS) is 17.8. The lowest BCUT2D eigenvalue weighted by atomic mass is 10.00. The lowest BCUT2D eigenvalue weighted by Crippen LogP contribution is -2.43. The predicted molar refractivity (Wildman–Crippen MR) is 131 cm³/mol. The first-order chi connectivity index (χ1) is 15.9. The molecule has 2 aliphatic rings. The van der Waals surface area contributed by atoms with Crippen LogP contribution in [0.4, 0.5) is 5.69 Å². The van der Waals surface area contributed by atoms with Crippen LogP contribution in [-0.2, 0) is 9.59 Å². The van der Waals surface area contributed by atoms with Crippen LogP contribution in [0, 0.1) is 6.92 Å². The number of carbonyl (C=O) groups is 2. The summed E-state index contributed by atoms with van der Waals surface area (Å²) in [7, 11) is 4.07. The number of hydrogen-bond acceptors (Lipinski definition) is 5. The molecule has 2 aliphatic heterocycles. The Morgan fingerprint density at radius 3 is 2.36 bits per heavy atom. The molecule has 2 heterocycles. The summed E-state index contributed by atoms with van der Waals surface area (Å²) in [6.45, 7) is 6.62. The average molecular weight is 448 g/mol. The summed E-state index contributed by atoms with van der Waals surface area (Å²) < 4.78 is 5.71. The molecule has 0 unspecified atom stereocenters. The Morgan fingerprint density at radius 2 is 1.73 bits per heavy atom. The van der Waals surface area contributed by atoms with Gasteiger partial charge in [0.1, 0.15) is 11.4 Å². The minimum Gasteiger partial charge on any atom is -0.494 e. The molecule has 2 aromatic carbocycles. The maximum absolute atomic E-state index is 13.7. The molecule has 2 amide bonds. The number of piperidine rings is 1. The van der Waals surface area contributed by atoms with Crippen molar-refractivity contribution in [2.75, 3.05) is 38.7 Å². The average Bonchev–Trinajstić information content (AvgIpc) is 3.08. The lowest BCUT2D eigenvalue weighted by Gasteiger charge is -2.36. The van der Waals surface area contributed by atoms with Gasteiger partial charge in [0.2, 0.25) is 0 Å². The summed E-state index contributed by atoms with van der Waals surface area (Å²) in [6.07, 6.45) is 2.84. The van der Waals surface area contributed by atoms with Crippen LogP contribution in [0.3, 0.4) is 0 Å². The van der Waals surface area contributed by atoms with Crippen molar-refractivity contribution in [3.63, 3.8) is 0 Å². The largest absolute Gasteiger partial charge is 0.494 e. The monoisotopic (exact) mass is 447 g/mol. The van der Waals surface area contributed by atoms with E-state index in [4.69, 9.17) is 4.74 Å². The number of hydrogen-bond donors (Lipinski definition) is 0. The Kier molecular flexibility index (Phi) is 6.84. The molecule has 0 radical (unpaired) electrons. The van der Waals surface area contributed by atoms with Gasteiger partial charge in [-0.15, -0.1) is 0 Å². The number of ether oxygens (including phenoxy) is 1. The summed E-state index contributed by atoms with van der Waals surface area (Å²) in [6, 6.07) is 15.3. The molecule has 6 heteroatoms. The van der Waals surface area contributed by atoms with Crippen molar-refractivity contribution in [3.05, 3.63) is 65.4 Å². The predicted octanol–water partition coefficient (Wildman–Crippen LogP) is 4.09. The quantitative estimate of drug-likeness (QED) is 0.599. The number of nitrogens with zero attached hydrogens (tertiary/aromatic N) is 3. The van der Waals surface area contributed by atoms with Crippen LogP contribution in [0.1, 0.15) is 37.3 Å². The van der Waals surface area contributed by atoms with Gasteiger partial charge in [-0.1, -0.05) is 31.2 Å². The Balaban J connectivity index is 1.74. The molecule has 0 aromatic heterocycles. The van der Waals surface area contributed by atoms with Crippen LogP contribution in [0.25, 0.3) is 5.57 Å². The SMILES string of the molecule is CCCOc1ccc(C2=C(N(C)C3CCN(C)CC3)C(=O)N(c3cccc(C)c3)C2=O)cc1. The van der Waals surface area contributed by atoms with Crippen LogP contribution >= 0.6 is 0 Å². The van der Waals surface area contributed by atoms with E-state index >= 15 is 0 Å². The summed E-state index contributed by atoms with van der Waals surface area (Å²) >= 11 is 0. The molecular weight excluding hydrogens is 414 g/mol. The van der Waals surface area contributed by atoms with Crippen molar-refractivity contribution in [1.82, 2.24) is 9.80 Å². The molecule has 6 nitrogen and oxygen atoms in total. The molecule has 0 atom stereocenters. The van der Waals surface area contributed by atoms with Gasteiger partial charge >= 0.3 is 0 Å². The molecule has 174 valence electrons. The van der Waals surface area contributed by atoms with E-state index in [9.17, 15) is 9.59 Å². The fourth-order valence-electron chi connectivity index (χ4n) is 4.61. The molecule has 0 aliphatic carbocycles. The molecule has 0 bridgehead atoms. The maximum Gasteiger partial charge on any atom is 0.282 e. The van der Waals surface area contributed by atoms with E-state index < -0.39 is 0 Å². The number of benzene rings is 2. The third-order valence-corrected chi connectivity index (χ3v) is 6.52. The zero-order valence-corrected chi connectivity index (χ0v) is 20.0. The van der Waals surface area contributed by atoms with Gasteiger partial charge in [-0.3, -0.25) is 9.59 Å². The third kappa shape index (κ3) is 4.67. The summed E-state index contributed by atoms with van der Waals surface area (Å²) in [5, 5.41) is 0. The van der Waals surface area contributed by atoms with Gasteiger partial charge in [0.25, 0.3) is 11.8 Å². The molecule has 33 heavy (non-hydrogen) atoms. The second kappa shape index (κ2) is 9.79. The first-order valence-electron chi connectivity index (χ1n) is 11.7. The Bertz CT molecular complexity index is 1050. The molecular formula is C27H33N3O3. The summed E-state index contributed by atoms with van der Waals surface area (Å²) in [4.78, 5) is 33.1. The number of likely N-dealkylation sites (tertiary alicyclic amines) is 1. The summed E-state index contributed by atoms with van der Waals surface area (Å²) in [5.74, 6) is 0.231. The second-order valence-electron chi connectivity index (χ2n) is 9.03. The zero-order valence-electron chi connectivity index (χ0n) is 20.0. The number of likely N-dealkylation sites (N-methyl/N-ethyl adjacent to an activating group) is 1. The van der Waals surface area contributed by atoms with Gasteiger partial charge in [-0.25, -0.2) is 4.90 Å². The van der Waals surface area contributed by atoms with Crippen molar-refractivity contribution >= 4 is 23.1 Å². The third-order valence-electron chi connectivity index (χ3n) is 6.52. The van der Waals surface area contributed by atoms with Crippen molar-refractivity contribution in [3.8, 4) is 5.75 Å².